The van der Waals surface area contributed by atoms with E-state index in [1.54, 1.807) is 13.0 Å². The third kappa shape index (κ3) is 3.85. The number of halogens is 2. The fraction of sp³-hybridized carbons (Fsp3) is 0.375. The molecular weight excluding hydrogens is 259 g/mol. The summed E-state index contributed by atoms with van der Waals surface area (Å²) in [5.74, 6) is -0.0774. The number of hydrogen-bond acceptors (Lipinski definition) is 3. The zero-order chi connectivity index (χ0) is 11.5. The minimum atomic E-state index is -3.39. The third-order valence-corrected chi connectivity index (χ3v) is 3.56. The van der Waals surface area contributed by atoms with Crippen molar-refractivity contribution in [3.05, 3.63) is 23.0 Å². The first-order chi connectivity index (χ1) is 6.94. The summed E-state index contributed by atoms with van der Waals surface area (Å²) in [7, 11) is -3.39. The topological polar surface area (TPSA) is 59.1 Å². The highest BCUT2D eigenvalue weighted by Crippen LogP contribution is 2.16. The zero-order valence-corrected chi connectivity index (χ0v) is 10.3. The van der Waals surface area contributed by atoms with Crippen molar-refractivity contribution in [3.63, 3.8) is 0 Å². The van der Waals surface area contributed by atoms with Gasteiger partial charge < -0.3 is 0 Å². The van der Waals surface area contributed by atoms with Crippen LogP contribution in [0.2, 0.25) is 5.15 Å². The molecular formula is C8H10Cl2N2O2S. The van der Waals surface area contributed by atoms with E-state index in [2.05, 4.69) is 9.71 Å². The van der Waals surface area contributed by atoms with E-state index in [9.17, 15) is 8.42 Å². The molecule has 0 unspecified atom stereocenters. The van der Waals surface area contributed by atoms with Crippen molar-refractivity contribution in [2.45, 2.75) is 6.92 Å². The number of aromatic nitrogens is 1. The van der Waals surface area contributed by atoms with E-state index in [-0.39, 0.29) is 11.6 Å². The van der Waals surface area contributed by atoms with Crippen LogP contribution >= 0.6 is 23.2 Å². The molecule has 84 valence electrons. The number of hydrogen-bond donors (Lipinski definition) is 1. The molecule has 1 aromatic rings. The first-order valence-corrected chi connectivity index (χ1v) is 6.71. The number of sulfonamides is 1. The summed E-state index contributed by atoms with van der Waals surface area (Å²) in [6.07, 6.45) is 0. The van der Waals surface area contributed by atoms with Gasteiger partial charge in [0.2, 0.25) is 10.0 Å². The maximum atomic E-state index is 11.4. The predicted octanol–water partition coefficient (Wildman–Crippen LogP) is 2.02. The summed E-state index contributed by atoms with van der Waals surface area (Å²) in [5.41, 5.74) is 0.949. The van der Waals surface area contributed by atoms with Gasteiger partial charge in [-0.2, -0.15) is 0 Å². The van der Waals surface area contributed by atoms with Gasteiger partial charge in [-0.25, -0.2) is 13.4 Å². The van der Waals surface area contributed by atoms with Crippen LogP contribution in [0.1, 0.15) is 5.69 Å². The number of pyridine rings is 1. The van der Waals surface area contributed by atoms with Gasteiger partial charge in [-0.3, -0.25) is 4.72 Å². The van der Waals surface area contributed by atoms with E-state index in [1.165, 1.54) is 6.07 Å². The van der Waals surface area contributed by atoms with Crippen LogP contribution in [0, 0.1) is 6.92 Å². The summed E-state index contributed by atoms with van der Waals surface area (Å²) in [5, 5.41) is 0.327. The van der Waals surface area contributed by atoms with Gasteiger partial charge in [0.15, 0.2) is 0 Å². The van der Waals surface area contributed by atoms with Crippen molar-refractivity contribution in [1.29, 1.82) is 0 Å². The number of alkyl halides is 1. The largest absolute Gasteiger partial charge is 0.282 e. The Morgan fingerprint density at radius 1 is 1.47 bits per heavy atom. The Labute approximate surface area is 98.7 Å². The lowest BCUT2D eigenvalue weighted by atomic mass is 10.3. The molecule has 1 heterocycles. The van der Waals surface area contributed by atoms with Crippen molar-refractivity contribution in [2.75, 3.05) is 16.4 Å². The van der Waals surface area contributed by atoms with Crippen LogP contribution in [-0.2, 0) is 10.0 Å². The quantitative estimate of drug-likeness (QED) is 0.672. The molecule has 0 saturated carbocycles. The monoisotopic (exact) mass is 268 g/mol. The Balaban J connectivity index is 2.90. The molecule has 1 aromatic heterocycles. The fourth-order valence-corrected chi connectivity index (χ4v) is 2.61. The van der Waals surface area contributed by atoms with Crippen molar-refractivity contribution in [2.24, 2.45) is 0 Å². The second-order valence-electron chi connectivity index (χ2n) is 2.88. The molecule has 1 N–H and O–H groups in total. The maximum absolute atomic E-state index is 11.4. The molecule has 1 rings (SSSR count). The normalized spacial score (nSPS) is 11.4. The highest BCUT2D eigenvalue weighted by molar-refractivity contribution is 7.92. The van der Waals surface area contributed by atoms with E-state index >= 15 is 0 Å². The summed E-state index contributed by atoms with van der Waals surface area (Å²) in [4.78, 5) is 3.92. The van der Waals surface area contributed by atoms with Gasteiger partial charge in [0.1, 0.15) is 5.15 Å². The van der Waals surface area contributed by atoms with E-state index in [1.807, 2.05) is 0 Å². The summed E-state index contributed by atoms with van der Waals surface area (Å²) < 4.78 is 25.1. The third-order valence-electron chi connectivity index (χ3n) is 1.66. The number of anilines is 1. The molecule has 7 heteroatoms. The van der Waals surface area contributed by atoms with Gasteiger partial charge >= 0.3 is 0 Å². The van der Waals surface area contributed by atoms with Gasteiger partial charge in [-0.1, -0.05) is 11.6 Å². The van der Waals surface area contributed by atoms with E-state index in [0.29, 0.717) is 16.5 Å². The summed E-state index contributed by atoms with van der Waals surface area (Å²) in [6, 6.07) is 3.09. The van der Waals surface area contributed by atoms with Crippen LogP contribution in [0.4, 0.5) is 5.69 Å². The molecule has 15 heavy (non-hydrogen) atoms. The van der Waals surface area contributed by atoms with Crippen LogP contribution < -0.4 is 4.72 Å². The summed E-state index contributed by atoms with van der Waals surface area (Å²) >= 11 is 11.0. The van der Waals surface area contributed by atoms with E-state index < -0.39 is 10.0 Å². The molecule has 0 aromatic carbocycles. The molecule has 0 saturated heterocycles. The molecule has 0 aliphatic heterocycles. The smallest absolute Gasteiger partial charge is 0.233 e. The highest BCUT2D eigenvalue weighted by Gasteiger charge is 2.11. The molecule has 4 nitrogen and oxygen atoms in total. The lowest BCUT2D eigenvalue weighted by molar-refractivity contribution is 0.602. The number of rotatable bonds is 4. The van der Waals surface area contributed by atoms with E-state index in [4.69, 9.17) is 23.2 Å². The van der Waals surface area contributed by atoms with Crippen molar-refractivity contribution < 1.29 is 8.42 Å². The van der Waals surface area contributed by atoms with E-state index in [0.717, 1.165) is 0 Å². The number of nitrogens with zero attached hydrogens (tertiary/aromatic N) is 1. The second-order valence-corrected chi connectivity index (χ2v) is 5.48. The lowest BCUT2D eigenvalue weighted by Crippen LogP contribution is -2.18. The maximum Gasteiger partial charge on any atom is 0.233 e. The molecule has 0 bridgehead atoms. The van der Waals surface area contributed by atoms with Crippen LogP contribution in [0.15, 0.2) is 12.1 Å². The van der Waals surface area contributed by atoms with Gasteiger partial charge in [0.25, 0.3) is 0 Å². The first kappa shape index (κ1) is 12.5. The number of aryl methyl sites for hydroxylation is 1. The van der Waals surface area contributed by atoms with Gasteiger partial charge in [0, 0.05) is 5.88 Å². The SMILES string of the molecule is Cc1nc(Cl)ccc1NS(=O)(=O)CCCl. The van der Waals surface area contributed by atoms with Crippen LogP contribution in [0.5, 0.6) is 0 Å². The average Bonchev–Trinajstić information content (AvgIpc) is 2.09. The Kier molecular flexibility index (Phi) is 4.19. The number of nitrogens with one attached hydrogen (secondary N) is 1. The van der Waals surface area contributed by atoms with Crippen molar-refractivity contribution >= 4 is 38.9 Å². The molecule has 0 aliphatic rings. The fourth-order valence-electron chi connectivity index (χ4n) is 0.958. The Hall–Kier alpha value is -0.520. The summed E-state index contributed by atoms with van der Waals surface area (Å²) in [6.45, 7) is 1.67. The van der Waals surface area contributed by atoms with Crippen LogP contribution in [-0.4, -0.2) is 25.0 Å². The molecule has 0 amide bonds. The Bertz CT molecular complexity index is 448. The second kappa shape index (κ2) is 5.01. The molecule has 0 aliphatic carbocycles. The highest BCUT2D eigenvalue weighted by atomic mass is 35.5. The van der Waals surface area contributed by atoms with Crippen LogP contribution in [0.25, 0.3) is 0 Å². The van der Waals surface area contributed by atoms with Gasteiger partial charge in [0.05, 0.1) is 17.1 Å². The Morgan fingerprint density at radius 2 is 2.13 bits per heavy atom. The minimum absolute atomic E-state index is 0.0510. The van der Waals surface area contributed by atoms with Crippen molar-refractivity contribution in [1.82, 2.24) is 4.98 Å². The molecule has 0 fully saturated rings. The minimum Gasteiger partial charge on any atom is -0.282 e. The lowest BCUT2D eigenvalue weighted by Gasteiger charge is -2.08. The zero-order valence-electron chi connectivity index (χ0n) is 8.00. The molecule has 0 spiro atoms. The standard InChI is InChI=1S/C8H10Cl2N2O2S/c1-6-7(2-3-8(10)11-6)12-15(13,14)5-4-9/h2-3,12H,4-5H2,1H3. The van der Waals surface area contributed by atoms with Crippen LogP contribution in [0.3, 0.4) is 0 Å². The molecule has 0 radical (unpaired) electrons. The van der Waals surface area contributed by atoms with Gasteiger partial charge in [-0.15, -0.1) is 11.6 Å². The first-order valence-electron chi connectivity index (χ1n) is 4.14. The predicted molar refractivity (Wildman–Crippen MR) is 62.1 cm³/mol. The van der Waals surface area contributed by atoms with Gasteiger partial charge in [-0.05, 0) is 19.1 Å². The molecule has 0 atom stereocenters. The van der Waals surface area contributed by atoms with Crippen molar-refractivity contribution in [3.8, 4) is 0 Å². The average molecular weight is 269 g/mol. The Morgan fingerprint density at radius 3 is 2.67 bits per heavy atom.